The summed E-state index contributed by atoms with van der Waals surface area (Å²) in [5.41, 5.74) is 8.90. The number of aliphatic hydroxyl groups is 1. The number of ketones is 2. The lowest BCUT2D eigenvalue weighted by atomic mass is 9.46. The van der Waals surface area contributed by atoms with Gasteiger partial charge < -0.3 is 115 Å². The SMILES string of the molecule is CCCC1O[C@@H]2C[C@H]3[C@@H]4CCC5=CC(=O)C=C[C@]5(C)[C@H]4[C@@H](O)C[C@]3(C)[C@]2(C(=O)COC2CCCN2C(=O)CNC(=O)OCc2ccc(NC(=O)[C@H](CCCNC(N)=O)NC(=O)[C@@H](NC(=O)CCOCCOCCOCCOCCNC(=O)CCC(=O)N3Cc4ccccc4-c4c(nnn4CCOCCOCCOCCOCCC(=O)NCCS(=O)(=O)O)-c4ccccc43)C(C)C)cc2)O1. The number of nitrogens with zero attached hydrogens (tertiary/aromatic N) is 5. The number of alkyl carbamates (subject to hydrolysis) is 1. The van der Waals surface area contributed by atoms with Crippen LogP contribution in [0.1, 0.15) is 136 Å². The molecule has 11 N–H and O–H groups in total. The van der Waals surface area contributed by atoms with E-state index in [1.165, 1.54) is 4.90 Å². The molecule has 4 heterocycles. The van der Waals surface area contributed by atoms with Gasteiger partial charge in [-0.2, -0.15) is 8.42 Å². The highest BCUT2D eigenvalue weighted by atomic mass is 32.2. The molecule has 5 fully saturated rings. The Kier molecular flexibility index (Phi) is 39.8. The number of likely N-dealkylation sites (tertiary alicyclic amines) is 1. The lowest BCUT2D eigenvalue weighted by Gasteiger charge is -2.59. The lowest BCUT2D eigenvalue weighted by Crippen LogP contribution is -2.63. The number of para-hydroxylation sites is 1. The van der Waals surface area contributed by atoms with Gasteiger partial charge in [0, 0.05) is 85.4 Å². The summed E-state index contributed by atoms with van der Waals surface area (Å²) < 4.78 is 102. The van der Waals surface area contributed by atoms with Crippen molar-refractivity contribution >= 4 is 86.5 Å². The number of primary amides is 1. The molecule has 10 amide bonds. The highest BCUT2D eigenvalue weighted by molar-refractivity contribution is 7.85. The molecule has 3 saturated carbocycles. The van der Waals surface area contributed by atoms with Crippen molar-refractivity contribution in [1.29, 1.82) is 0 Å². The zero-order valence-corrected chi connectivity index (χ0v) is 77.9. The number of hydrogen-bond donors (Lipinski definition) is 10. The molecule has 1 aromatic heterocycles. The molecule has 0 radical (unpaired) electrons. The molecular formula is C93H131N13O27S. The maximum Gasteiger partial charge on any atom is 0.407 e. The molecule has 12 atom stereocenters. The standard InChI is InChI=1S/C93H131N13O27S/c1-6-13-82-132-75-55-70-68-25-22-64-54-66(107)28-31-91(64,4)83(68)73(108)56-92(70,5)93(75,133-82)74(109)60-130-81-19-12-35-104(81)80(114)57-98-90(118)131-59-62-20-23-65(24-21-62)99-87(115)71(17-11-32-97-89(94)117)100-88(116)84(61(2)3)101-78(112)30-38-123-42-46-127-49-51-128-47-43-124-39-33-95-76(110)26-27-79(113)105-58-63-14-7-8-15-67(63)86-85(69-16-9-10-18-72(69)105)102-103-106(86)36-40-125-44-48-129-52-50-126-45-41-122-37-29-77(111)96-34-53-134(119,120)121/h7-10,14-16,18,20-21,23-24,28,31,54,61,68,70-71,73,75,81-84,108H,6,11-13,17,19,22,25-27,29-30,32-53,55-60H2,1-5H3,(H,95,110)(H,96,111)(H,98,118)(H,99,115)(H,100,116)(H,101,112)(H3,94,97,117)(H,119,120,121)/t68-,70-,71-,73-,75+,81?,82?,83+,84-,91-,92-,93+/m0/s1. The minimum Gasteiger partial charge on any atom is -0.445 e. The molecule has 2 saturated heterocycles. The van der Waals surface area contributed by atoms with E-state index < -0.39 is 123 Å². The van der Waals surface area contributed by atoms with Gasteiger partial charge in [-0.05, 0) is 117 Å². The van der Waals surface area contributed by atoms with Gasteiger partial charge in [0.05, 0.1) is 148 Å². The van der Waals surface area contributed by atoms with Gasteiger partial charge in [0.15, 0.2) is 23.5 Å². The minimum atomic E-state index is -4.15. The zero-order valence-electron chi connectivity index (χ0n) is 77.0. The van der Waals surface area contributed by atoms with E-state index in [4.69, 9.17) is 67.1 Å². The number of aliphatic hydroxyl groups excluding tert-OH is 1. The van der Waals surface area contributed by atoms with Crippen LogP contribution in [-0.4, -0.2) is 296 Å². The van der Waals surface area contributed by atoms with Gasteiger partial charge >= 0.3 is 12.1 Å². The third-order valence-electron chi connectivity index (χ3n) is 25.5. The summed E-state index contributed by atoms with van der Waals surface area (Å²) in [7, 11) is -4.15. The molecule has 2 unspecified atom stereocenters. The number of amides is 10. The van der Waals surface area contributed by atoms with Crippen molar-refractivity contribution in [2.45, 2.75) is 187 Å². The Morgan fingerprint density at radius 2 is 1.33 bits per heavy atom. The van der Waals surface area contributed by atoms with Crippen LogP contribution >= 0.6 is 0 Å². The highest BCUT2D eigenvalue weighted by Crippen LogP contribution is 2.70. The summed E-state index contributed by atoms with van der Waals surface area (Å²) in [5, 5.41) is 39.8. The highest BCUT2D eigenvalue weighted by Gasteiger charge is 2.76. The smallest absolute Gasteiger partial charge is 0.407 e. The first-order chi connectivity index (χ1) is 64.5. The summed E-state index contributed by atoms with van der Waals surface area (Å²) >= 11 is 0. The van der Waals surface area contributed by atoms with Crippen LogP contribution in [0.3, 0.4) is 0 Å². The number of anilines is 2. The van der Waals surface area contributed by atoms with Crippen molar-refractivity contribution in [2.75, 3.05) is 161 Å². The van der Waals surface area contributed by atoms with Crippen molar-refractivity contribution < 1.29 is 128 Å². The lowest BCUT2D eigenvalue weighted by molar-refractivity contribution is -0.203. The van der Waals surface area contributed by atoms with Crippen LogP contribution in [-0.2, 0) is 130 Å². The molecule has 11 rings (SSSR count). The maximum absolute atomic E-state index is 15.0. The van der Waals surface area contributed by atoms with E-state index in [1.54, 1.807) is 59.8 Å². The second-order valence-electron chi connectivity index (χ2n) is 35.0. The van der Waals surface area contributed by atoms with Gasteiger partial charge in [-0.1, -0.05) is 112 Å². The summed E-state index contributed by atoms with van der Waals surface area (Å²) in [4.78, 5) is 149. The number of Topliss-reactive ketones (excluding diaryl/α,β-unsaturated/α-hetero) is 1. The first-order valence-electron chi connectivity index (χ1n) is 46.4. The second kappa shape index (κ2) is 51.2. The minimum absolute atomic E-state index is 0.0209. The molecule has 7 aliphatic rings. The van der Waals surface area contributed by atoms with Gasteiger partial charge in [0.1, 0.15) is 43.8 Å². The summed E-state index contributed by atoms with van der Waals surface area (Å²) in [5.74, 6) is -4.54. The van der Waals surface area contributed by atoms with Gasteiger partial charge in [-0.3, -0.25) is 47.7 Å². The fraction of sp³-hybridized carbons (Fsp3) is 0.624. The molecule has 4 aromatic rings. The van der Waals surface area contributed by atoms with Crippen LogP contribution in [0.4, 0.5) is 21.0 Å². The molecule has 40 nitrogen and oxygen atoms in total. The van der Waals surface area contributed by atoms with Gasteiger partial charge in [-0.25, -0.2) is 14.3 Å². The zero-order chi connectivity index (χ0) is 95.8. The Labute approximate surface area is 780 Å². The number of allylic oxidation sites excluding steroid dienone is 4. The second-order valence-corrected chi connectivity index (χ2v) is 36.6. The quantitative estimate of drug-likeness (QED) is 0.0207. The number of hydrogen-bond acceptors (Lipinski definition) is 28. The Hall–Kier alpha value is -10.1. The first kappa shape index (κ1) is 104. The Morgan fingerprint density at radius 1 is 0.694 bits per heavy atom. The monoisotopic (exact) mass is 1890 g/mol. The summed E-state index contributed by atoms with van der Waals surface area (Å²) in [6.45, 7) is 13.7. The summed E-state index contributed by atoms with van der Waals surface area (Å²) in [6.07, 6.45) is 6.58. The van der Waals surface area contributed by atoms with E-state index in [0.29, 0.717) is 113 Å². The fourth-order valence-corrected chi connectivity index (χ4v) is 19.3. The predicted molar refractivity (Wildman–Crippen MR) is 485 cm³/mol. The van der Waals surface area contributed by atoms with E-state index >= 15 is 0 Å². The van der Waals surface area contributed by atoms with E-state index in [1.807, 2.05) is 61.5 Å². The Morgan fingerprint density at radius 3 is 2.00 bits per heavy atom. The Bertz CT molecular complexity index is 4830. The number of rotatable bonds is 56. The molecule has 0 spiro atoms. The van der Waals surface area contributed by atoms with Crippen LogP contribution < -0.4 is 47.9 Å². The third kappa shape index (κ3) is 28.8. The van der Waals surface area contributed by atoms with E-state index in [0.717, 1.165) is 35.2 Å². The van der Waals surface area contributed by atoms with Crippen molar-refractivity contribution in [1.82, 2.24) is 51.8 Å². The van der Waals surface area contributed by atoms with Crippen molar-refractivity contribution in [3.05, 3.63) is 108 Å². The normalized spacial score (nSPS) is 22.4. The van der Waals surface area contributed by atoms with Crippen molar-refractivity contribution in [3.8, 4) is 22.5 Å². The van der Waals surface area contributed by atoms with Gasteiger partial charge in [-0.15, -0.1) is 5.10 Å². The van der Waals surface area contributed by atoms with Crippen LogP contribution in [0.15, 0.2) is 96.6 Å². The predicted octanol–water partition coefficient (Wildman–Crippen LogP) is 4.91. The molecule has 4 aliphatic carbocycles. The molecule has 41 heteroatoms. The summed E-state index contributed by atoms with van der Waals surface area (Å²) in [6, 6.07) is 18.6. The van der Waals surface area contributed by atoms with Crippen LogP contribution in [0, 0.1) is 34.5 Å². The fourth-order valence-electron chi connectivity index (χ4n) is 19.0. The number of fused-ring (bicyclic) bond motifs is 12. The first-order valence-corrected chi connectivity index (χ1v) is 48.0. The number of carbonyl (C=O) groups excluding carboxylic acids is 11. The van der Waals surface area contributed by atoms with Crippen LogP contribution in [0.5, 0.6) is 0 Å². The molecule has 134 heavy (non-hydrogen) atoms. The van der Waals surface area contributed by atoms with Crippen molar-refractivity contribution in [2.24, 2.45) is 40.2 Å². The van der Waals surface area contributed by atoms with E-state index in [9.17, 15) is 66.3 Å². The molecule has 3 aromatic carbocycles. The van der Waals surface area contributed by atoms with Crippen LogP contribution in [0.2, 0.25) is 0 Å². The number of nitrogens with one attached hydrogen (secondary N) is 7. The molecule has 736 valence electrons. The number of carbonyl (C=O) groups is 11. The number of benzene rings is 3. The number of nitrogens with two attached hydrogens (primary N) is 1. The third-order valence-corrected chi connectivity index (χ3v) is 26.2. The maximum atomic E-state index is 15.0. The van der Waals surface area contributed by atoms with E-state index in [2.05, 4.69) is 61.4 Å². The largest absolute Gasteiger partial charge is 0.445 e. The number of urea groups is 1. The molecular weight excluding hydrogens is 1760 g/mol. The molecule has 3 aliphatic heterocycles. The van der Waals surface area contributed by atoms with Crippen molar-refractivity contribution in [3.63, 3.8) is 0 Å². The molecule has 0 bridgehead atoms. The average Bonchev–Trinajstić information content (AvgIpc) is 1.50. The number of aromatic nitrogens is 3. The Balaban J connectivity index is 0.517. The van der Waals surface area contributed by atoms with E-state index in [-0.39, 0.29) is 192 Å². The van der Waals surface area contributed by atoms with Gasteiger partial charge in [0.25, 0.3) is 10.1 Å². The average molecular weight is 1900 g/mol. The topological polar surface area (TPSA) is 521 Å². The van der Waals surface area contributed by atoms with Crippen LogP contribution in [0.25, 0.3) is 22.5 Å². The number of ether oxygens (including phenoxy) is 12. The van der Waals surface area contributed by atoms with Gasteiger partial charge in [0.2, 0.25) is 41.4 Å².